The Labute approximate surface area is 307 Å². The maximum atomic E-state index is 9.10. The summed E-state index contributed by atoms with van der Waals surface area (Å²) in [6.07, 6.45) is 24.2. The van der Waals surface area contributed by atoms with Crippen LogP contribution in [0, 0.1) is 29.6 Å². The Morgan fingerprint density at radius 3 is 1.82 bits per heavy atom. The third kappa shape index (κ3) is 18.1. The van der Waals surface area contributed by atoms with Crippen LogP contribution in [0.4, 0.5) is 0 Å². The fourth-order valence-corrected chi connectivity index (χ4v) is 5.68. The van der Waals surface area contributed by atoms with Gasteiger partial charge >= 0.3 is 0 Å². The third-order valence-electron chi connectivity index (χ3n) is 10.3. The lowest BCUT2D eigenvalue weighted by molar-refractivity contribution is -0.125. The second-order valence-corrected chi connectivity index (χ2v) is 14.4. The number of hydrogen-bond acceptors (Lipinski definition) is 7. The van der Waals surface area contributed by atoms with E-state index in [0.29, 0.717) is 35.2 Å². The van der Waals surface area contributed by atoms with E-state index >= 15 is 0 Å². The average Bonchev–Trinajstić information content (AvgIpc) is 3.51. The van der Waals surface area contributed by atoms with E-state index in [2.05, 4.69) is 102 Å². The maximum absolute atomic E-state index is 9.10. The quantitative estimate of drug-likeness (QED) is 0.107. The van der Waals surface area contributed by atoms with Gasteiger partial charge in [0, 0.05) is 19.0 Å². The van der Waals surface area contributed by atoms with E-state index in [1.165, 1.54) is 29.6 Å². The van der Waals surface area contributed by atoms with E-state index < -0.39 is 0 Å². The highest BCUT2D eigenvalue weighted by molar-refractivity contribution is 5.20. The first-order valence-electron chi connectivity index (χ1n) is 18.7. The summed E-state index contributed by atoms with van der Waals surface area (Å²) in [4.78, 5) is 7.87. The zero-order valence-electron chi connectivity index (χ0n) is 34.1. The highest BCUT2D eigenvalue weighted by atomic mass is 16.7. The summed E-state index contributed by atoms with van der Waals surface area (Å²) in [6.45, 7) is 27.6. The molecule has 3 atom stereocenters. The van der Waals surface area contributed by atoms with Crippen molar-refractivity contribution < 1.29 is 24.4 Å². The van der Waals surface area contributed by atoms with Gasteiger partial charge < -0.3 is 24.4 Å². The summed E-state index contributed by atoms with van der Waals surface area (Å²) in [5, 5.41) is 18.0. The second-order valence-electron chi connectivity index (χ2n) is 14.4. The molecule has 1 heterocycles. The molecule has 2 aliphatic rings. The number of rotatable bonds is 15. The number of allylic oxidation sites excluding steroid dienone is 7. The van der Waals surface area contributed by atoms with Crippen molar-refractivity contribution >= 4 is 0 Å². The van der Waals surface area contributed by atoms with Crippen LogP contribution in [0.2, 0.25) is 0 Å². The summed E-state index contributed by atoms with van der Waals surface area (Å²) in [5.41, 5.74) is 6.79. The standard InChI is InChI=1S/C14H24O.C13H22O.C10H20O2.C6H8N2O/c1-5-12(10-15)7-9-13-8-6-11(2)14(13,3)4;1-10(9-14)5-7-12-8-6-11(2)13(12,3)4;1-4-6-7-8-9-12-10(3)11-5-2;1-5-6(9-2)8-4-3-7-5/h6-7,13,15H,5,8-10H2,1-4H3;5-6,12,14H,7-9H2,1-4H3;6-7,10H,4-5,8-9H2,1-3H3;3-4H,1-2H3/b;;7-6-;. The normalized spacial score (nSPS) is 20.1. The first-order chi connectivity index (χ1) is 23.6. The van der Waals surface area contributed by atoms with E-state index in [0.717, 1.165) is 50.0 Å². The van der Waals surface area contributed by atoms with Crippen LogP contribution in [0.1, 0.15) is 127 Å². The zero-order chi connectivity index (χ0) is 38.2. The third-order valence-corrected chi connectivity index (χ3v) is 10.3. The molecule has 0 aromatic carbocycles. The van der Waals surface area contributed by atoms with Crippen LogP contribution in [0.5, 0.6) is 5.88 Å². The predicted molar refractivity (Wildman–Crippen MR) is 211 cm³/mol. The maximum Gasteiger partial charge on any atom is 0.235 e. The molecule has 7 nitrogen and oxygen atoms in total. The lowest BCUT2D eigenvalue weighted by atomic mass is 9.76. The molecule has 286 valence electrons. The number of aryl methyl sites for hydroxylation is 1. The van der Waals surface area contributed by atoms with Gasteiger partial charge in [0.1, 0.15) is 0 Å². The first-order valence-corrected chi connectivity index (χ1v) is 18.7. The Kier molecular flexibility index (Phi) is 24.9. The first kappa shape index (κ1) is 47.4. The van der Waals surface area contributed by atoms with Crippen LogP contribution >= 0.6 is 0 Å². The van der Waals surface area contributed by atoms with Gasteiger partial charge in [-0.2, -0.15) is 0 Å². The van der Waals surface area contributed by atoms with E-state index in [1.807, 2.05) is 27.7 Å². The number of aromatic nitrogens is 2. The molecule has 3 unspecified atom stereocenters. The molecule has 1 aromatic heterocycles. The highest BCUT2D eigenvalue weighted by Gasteiger charge is 2.34. The largest absolute Gasteiger partial charge is 0.480 e. The monoisotopic (exact) mass is 699 g/mol. The molecule has 0 amide bonds. The van der Waals surface area contributed by atoms with Gasteiger partial charge in [-0.25, -0.2) is 4.98 Å². The van der Waals surface area contributed by atoms with Gasteiger partial charge in [-0.15, -0.1) is 0 Å². The van der Waals surface area contributed by atoms with Crippen molar-refractivity contribution in [3.05, 3.63) is 76.8 Å². The lowest BCUT2D eigenvalue weighted by Crippen LogP contribution is -2.19. The van der Waals surface area contributed by atoms with Gasteiger partial charge in [0.15, 0.2) is 6.29 Å². The van der Waals surface area contributed by atoms with Crippen molar-refractivity contribution in [1.29, 1.82) is 0 Å². The number of aliphatic hydroxyl groups is 2. The van der Waals surface area contributed by atoms with Crippen LogP contribution in [-0.2, 0) is 9.47 Å². The minimum absolute atomic E-state index is 0.0648. The van der Waals surface area contributed by atoms with Crippen LogP contribution < -0.4 is 4.74 Å². The molecule has 0 spiro atoms. The summed E-state index contributed by atoms with van der Waals surface area (Å²) < 4.78 is 15.4. The van der Waals surface area contributed by atoms with E-state index in [9.17, 15) is 0 Å². The van der Waals surface area contributed by atoms with Crippen molar-refractivity contribution in [2.45, 2.75) is 134 Å². The fraction of sp³-hybridized carbons (Fsp3) is 0.674. The molecule has 1 aromatic rings. The number of hydrogen-bond donors (Lipinski definition) is 2. The van der Waals surface area contributed by atoms with Crippen LogP contribution in [-0.4, -0.2) is 60.0 Å². The van der Waals surface area contributed by atoms with Crippen molar-refractivity contribution in [2.24, 2.45) is 22.7 Å². The van der Waals surface area contributed by atoms with Crippen molar-refractivity contribution in [2.75, 3.05) is 33.5 Å². The summed E-state index contributed by atoms with van der Waals surface area (Å²) in [5.74, 6) is 2.02. The van der Waals surface area contributed by atoms with Crippen LogP contribution in [0.3, 0.4) is 0 Å². The number of nitrogens with zero attached hydrogens (tertiary/aromatic N) is 2. The molecule has 0 fully saturated rings. The fourth-order valence-electron chi connectivity index (χ4n) is 5.68. The Hall–Kier alpha value is -2.58. The molecule has 0 saturated carbocycles. The molecule has 2 aliphatic carbocycles. The highest BCUT2D eigenvalue weighted by Crippen LogP contribution is 2.45. The summed E-state index contributed by atoms with van der Waals surface area (Å²) in [6, 6.07) is 0. The molecular weight excluding hydrogens is 624 g/mol. The summed E-state index contributed by atoms with van der Waals surface area (Å²) >= 11 is 0. The Balaban J connectivity index is 0.000000650. The van der Waals surface area contributed by atoms with E-state index in [4.69, 9.17) is 24.4 Å². The molecule has 0 radical (unpaired) electrons. The second kappa shape index (κ2) is 26.2. The Morgan fingerprint density at radius 1 is 0.860 bits per heavy atom. The average molecular weight is 699 g/mol. The number of methoxy groups -OCH3 is 1. The zero-order valence-corrected chi connectivity index (χ0v) is 34.1. The van der Waals surface area contributed by atoms with E-state index in [-0.39, 0.29) is 19.5 Å². The molecule has 0 saturated heterocycles. The SMILES string of the molecule is CC(=CCC1CC=C(C)C1(C)C)CO.CC/C=C\CCOC(C)OCC.CCC(=CCC1CC=C(C)C1(C)C)CO.COc1nccnc1C. The van der Waals surface area contributed by atoms with Gasteiger partial charge in [0.25, 0.3) is 0 Å². The number of ether oxygens (including phenoxy) is 3. The minimum Gasteiger partial charge on any atom is -0.480 e. The van der Waals surface area contributed by atoms with Crippen LogP contribution in [0.25, 0.3) is 0 Å². The predicted octanol–water partition coefficient (Wildman–Crippen LogP) is 10.5. The minimum atomic E-state index is -0.0648. The van der Waals surface area contributed by atoms with Gasteiger partial charge in [-0.3, -0.25) is 4.98 Å². The smallest absolute Gasteiger partial charge is 0.235 e. The van der Waals surface area contributed by atoms with Crippen molar-refractivity contribution in [1.82, 2.24) is 9.97 Å². The van der Waals surface area contributed by atoms with Gasteiger partial charge in [-0.05, 0) is 115 Å². The van der Waals surface area contributed by atoms with Crippen molar-refractivity contribution in [3.8, 4) is 5.88 Å². The Morgan fingerprint density at radius 2 is 1.42 bits per heavy atom. The molecule has 2 N–H and O–H groups in total. The molecule has 0 aliphatic heterocycles. The van der Waals surface area contributed by atoms with Gasteiger partial charge in [0.2, 0.25) is 5.88 Å². The lowest BCUT2D eigenvalue weighted by Gasteiger charge is -2.29. The molecule has 0 bridgehead atoms. The van der Waals surface area contributed by atoms with Gasteiger partial charge in [-0.1, -0.05) is 94.7 Å². The topological polar surface area (TPSA) is 93.9 Å². The van der Waals surface area contributed by atoms with E-state index in [1.54, 1.807) is 19.5 Å². The molecule has 50 heavy (non-hydrogen) atoms. The molecule has 7 heteroatoms. The Bertz CT molecular complexity index is 1210. The van der Waals surface area contributed by atoms with Crippen molar-refractivity contribution in [3.63, 3.8) is 0 Å². The molecule has 3 rings (SSSR count). The van der Waals surface area contributed by atoms with Crippen LogP contribution in [0.15, 0.2) is 71.1 Å². The number of aliphatic hydroxyl groups excluding tert-OH is 2. The van der Waals surface area contributed by atoms with Gasteiger partial charge in [0.05, 0.1) is 32.6 Å². The molecular formula is C43H74N2O5. The summed E-state index contributed by atoms with van der Waals surface area (Å²) in [7, 11) is 1.58.